The standard InChI is InChI=1S/C19H16N2O5/c1-25-17-9-12(2-7-16(17)26-11-18(21)22)8-15(10-20)13-3-5-14(6-4-13)19(23)24/h2-9H,11H2,1H3,(H2,21,22)(H,23,24)/b15-8-. The molecule has 26 heavy (non-hydrogen) atoms. The molecule has 0 aliphatic carbocycles. The van der Waals surface area contributed by atoms with Crippen molar-refractivity contribution in [3.05, 3.63) is 59.2 Å². The zero-order chi connectivity index (χ0) is 19.1. The number of ether oxygens (including phenoxy) is 2. The Morgan fingerprint density at radius 2 is 1.81 bits per heavy atom. The van der Waals surface area contributed by atoms with E-state index in [1.807, 2.05) is 0 Å². The van der Waals surface area contributed by atoms with E-state index in [1.54, 1.807) is 36.4 Å². The maximum absolute atomic E-state index is 10.9. The SMILES string of the molecule is COc1cc(/C=C(/C#N)c2ccc(C(=O)O)cc2)ccc1OCC(N)=O. The number of rotatable bonds is 7. The molecule has 0 saturated carbocycles. The number of primary amides is 1. The van der Waals surface area contributed by atoms with Crippen LogP contribution in [0.5, 0.6) is 11.5 Å². The Bertz CT molecular complexity index is 895. The van der Waals surface area contributed by atoms with Crippen LogP contribution in [0.25, 0.3) is 11.6 Å². The molecule has 0 aliphatic heterocycles. The lowest BCUT2D eigenvalue weighted by Crippen LogP contribution is -2.20. The van der Waals surface area contributed by atoms with Gasteiger partial charge in [0, 0.05) is 0 Å². The number of carbonyl (C=O) groups excluding carboxylic acids is 1. The van der Waals surface area contributed by atoms with E-state index in [0.29, 0.717) is 28.2 Å². The molecule has 2 rings (SSSR count). The van der Waals surface area contributed by atoms with Gasteiger partial charge in [-0.3, -0.25) is 4.79 Å². The molecule has 0 spiro atoms. The van der Waals surface area contributed by atoms with Crippen LogP contribution in [0.2, 0.25) is 0 Å². The highest BCUT2D eigenvalue weighted by Crippen LogP contribution is 2.29. The molecule has 0 heterocycles. The first kappa shape index (κ1) is 18.5. The molecule has 0 radical (unpaired) electrons. The van der Waals surface area contributed by atoms with Crippen LogP contribution in [-0.2, 0) is 4.79 Å². The molecule has 2 aromatic rings. The molecule has 0 saturated heterocycles. The third kappa shape index (κ3) is 4.61. The molecule has 0 aliphatic rings. The van der Waals surface area contributed by atoms with Crippen LogP contribution in [0.1, 0.15) is 21.5 Å². The zero-order valence-electron chi connectivity index (χ0n) is 13.9. The normalized spacial score (nSPS) is 10.7. The number of hydrogen-bond acceptors (Lipinski definition) is 5. The van der Waals surface area contributed by atoms with Gasteiger partial charge in [-0.2, -0.15) is 5.26 Å². The Morgan fingerprint density at radius 3 is 2.35 bits per heavy atom. The summed E-state index contributed by atoms with van der Waals surface area (Å²) in [7, 11) is 1.45. The Morgan fingerprint density at radius 1 is 1.15 bits per heavy atom. The summed E-state index contributed by atoms with van der Waals surface area (Å²) in [6.07, 6.45) is 1.64. The van der Waals surface area contributed by atoms with E-state index < -0.39 is 11.9 Å². The molecule has 7 heteroatoms. The summed E-state index contributed by atoms with van der Waals surface area (Å²) >= 11 is 0. The van der Waals surface area contributed by atoms with Crippen molar-refractivity contribution in [2.45, 2.75) is 0 Å². The average Bonchev–Trinajstić information content (AvgIpc) is 2.64. The lowest BCUT2D eigenvalue weighted by atomic mass is 10.0. The fourth-order valence-corrected chi connectivity index (χ4v) is 2.18. The fourth-order valence-electron chi connectivity index (χ4n) is 2.18. The molecular formula is C19H16N2O5. The summed E-state index contributed by atoms with van der Waals surface area (Å²) in [5.74, 6) is -0.894. The van der Waals surface area contributed by atoms with E-state index in [-0.39, 0.29) is 12.2 Å². The number of carboxylic acid groups (broad SMARTS) is 1. The molecule has 0 unspecified atom stereocenters. The van der Waals surface area contributed by atoms with Crippen molar-refractivity contribution < 1.29 is 24.2 Å². The summed E-state index contributed by atoms with van der Waals surface area (Å²) in [5, 5.41) is 18.3. The van der Waals surface area contributed by atoms with Crippen molar-refractivity contribution in [1.82, 2.24) is 0 Å². The number of hydrogen-bond donors (Lipinski definition) is 2. The number of carbonyl (C=O) groups is 2. The van der Waals surface area contributed by atoms with Crippen LogP contribution in [0.3, 0.4) is 0 Å². The Balaban J connectivity index is 2.32. The average molecular weight is 352 g/mol. The lowest BCUT2D eigenvalue weighted by molar-refractivity contribution is -0.119. The van der Waals surface area contributed by atoms with Crippen LogP contribution < -0.4 is 15.2 Å². The second-order valence-electron chi connectivity index (χ2n) is 5.22. The first-order chi connectivity index (χ1) is 12.4. The van der Waals surface area contributed by atoms with E-state index >= 15 is 0 Å². The maximum atomic E-state index is 10.9. The highest BCUT2D eigenvalue weighted by Gasteiger charge is 2.09. The first-order valence-electron chi connectivity index (χ1n) is 7.49. The largest absolute Gasteiger partial charge is 0.493 e. The van der Waals surface area contributed by atoms with Gasteiger partial charge in [0.25, 0.3) is 5.91 Å². The monoisotopic (exact) mass is 352 g/mol. The number of allylic oxidation sites excluding steroid dienone is 1. The van der Waals surface area contributed by atoms with Gasteiger partial charge in [-0.15, -0.1) is 0 Å². The number of nitrogens with zero attached hydrogens (tertiary/aromatic N) is 1. The van der Waals surface area contributed by atoms with Gasteiger partial charge >= 0.3 is 5.97 Å². The summed E-state index contributed by atoms with van der Waals surface area (Å²) < 4.78 is 10.5. The smallest absolute Gasteiger partial charge is 0.335 e. The fraction of sp³-hybridized carbons (Fsp3) is 0.105. The number of nitriles is 1. The quantitative estimate of drug-likeness (QED) is 0.582. The predicted molar refractivity (Wildman–Crippen MR) is 94.6 cm³/mol. The highest BCUT2D eigenvalue weighted by molar-refractivity contribution is 5.92. The van der Waals surface area contributed by atoms with Crippen molar-refractivity contribution in [1.29, 1.82) is 5.26 Å². The number of methoxy groups -OCH3 is 1. The van der Waals surface area contributed by atoms with Crippen LogP contribution in [-0.4, -0.2) is 30.7 Å². The second-order valence-corrected chi connectivity index (χ2v) is 5.22. The van der Waals surface area contributed by atoms with Crippen molar-refractivity contribution in [3.8, 4) is 17.6 Å². The van der Waals surface area contributed by atoms with E-state index in [9.17, 15) is 14.9 Å². The number of aromatic carboxylic acids is 1. The predicted octanol–water partition coefficient (Wildman–Crippen LogP) is 2.32. The Hall–Kier alpha value is -3.79. The highest BCUT2D eigenvalue weighted by atomic mass is 16.5. The van der Waals surface area contributed by atoms with Gasteiger partial charge in [0.15, 0.2) is 18.1 Å². The van der Waals surface area contributed by atoms with Gasteiger partial charge in [-0.1, -0.05) is 18.2 Å². The molecule has 0 bridgehead atoms. The summed E-state index contributed by atoms with van der Waals surface area (Å²) in [6, 6.07) is 13.1. The second kappa shape index (κ2) is 8.35. The van der Waals surface area contributed by atoms with Crippen LogP contribution in [0, 0.1) is 11.3 Å². The maximum Gasteiger partial charge on any atom is 0.335 e. The lowest BCUT2D eigenvalue weighted by Gasteiger charge is -2.10. The molecule has 132 valence electrons. The van der Waals surface area contributed by atoms with Gasteiger partial charge in [0.05, 0.1) is 24.3 Å². The van der Waals surface area contributed by atoms with Crippen molar-refractivity contribution in [2.75, 3.05) is 13.7 Å². The minimum atomic E-state index is -1.03. The Labute approximate surface area is 149 Å². The number of nitrogens with two attached hydrogens (primary N) is 1. The van der Waals surface area contributed by atoms with Gasteiger partial charge in [0.1, 0.15) is 0 Å². The topological polar surface area (TPSA) is 123 Å². The number of benzene rings is 2. The zero-order valence-corrected chi connectivity index (χ0v) is 13.9. The molecule has 1 amide bonds. The van der Waals surface area contributed by atoms with Gasteiger partial charge in [-0.25, -0.2) is 4.79 Å². The number of carboxylic acids is 1. The van der Waals surface area contributed by atoms with E-state index in [1.165, 1.54) is 19.2 Å². The minimum Gasteiger partial charge on any atom is -0.493 e. The van der Waals surface area contributed by atoms with Gasteiger partial charge in [0.2, 0.25) is 0 Å². The third-order valence-corrected chi connectivity index (χ3v) is 3.43. The molecule has 0 aromatic heterocycles. The summed E-state index contributed by atoms with van der Waals surface area (Å²) in [5.41, 5.74) is 6.81. The van der Waals surface area contributed by atoms with E-state index in [2.05, 4.69) is 6.07 Å². The third-order valence-electron chi connectivity index (χ3n) is 3.43. The van der Waals surface area contributed by atoms with E-state index in [4.69, 9.17) is 20.3 Å². The molecule has 0 atom stereocenters. The molecular weight excluding hydrogens is 336 g/mol. The first-order valence-corrected chi connectivity index (χ1v) is 7.49. The van der Waals surface area contributed by atoms with Crippen LogP contribution >= 0.6 is 0 Å². The van der Waals surface area contributed by atoms with Crippen molar-refractivity contribution in [3.63, 3.8) is 0 Å². The van der Waals surface area contributed by atoms with Crippen LogP contribution in [0.15, 0.2) is 42.5 Å². The van der Waals surface area contributed by atoms with Crippen LogP contribution in [0.4, 0.5) is 0 Å². The Kier molecular flexibility index (Phi) is 5.96. The molecule has 3 N–H and O–H groups in total. The minimum absolute atomic E-state index is 0.142. The molecule has 0 fully saturated rings. The molecule has 2 aromatic carbocycles. The van der Waals surface area contributed by atoms with Crippen molar-refractivity contribution in [2.24, 2.45) is 5.73 Å². The van der Waals surface area contributed by atoms with Crippen molar-refractivity contribution >= 4 is 23.5 Å². The summed E-state index contributed by atoms with van der Waals surface area (Å²) in [4.78, 5) is 21.7. The van der Waals surface area contributed by atoms with Gasteiger partial charge in [-0.05, 0) is 41.5 Å². The molecule has 7 nitrogen and oxygen atoms in total. The number of amides is 1. The summed E-state index contributed by atoms with van der Waals surface area (Å²) in [6.45, 7) is -0.273. The van der Waals surface area contributed by atoms with Gasteiger partial charge < -0.3 is 20.3 Å². The van der Waals surface area contributed by atoms with E-state index in [0.717, 1.165) is 0 Å².